The average molecular weight is 237 g/mol. The standard InChI is InChI=1S/C12H11F2N3.H2/c1-6(2)17-9-5-15-16-11(9)7-3-4-8(13)10(14)12(7)17;/h3-6H,1-2H3,(H,15,16);1H. The van der Waals surface area contributed by atoms with Crippen LogP contribution >= 0.6 is 0 Å². The molecule has 0 radical (unpaired) electrons. The molecule has 0 aliphatic rings. The van der Waals surface area contributed by atoms with Gasteiger partial charge in [-0.2, -0.15) is 5.10 Å². The van der Waals surface area contributed by atoms with Gasteiger partial charge in [0.1, 0.15) is 0 Å². The Labute approximate surface area is 97.5 Å². The molecule has 0 spiro atoms. The molecular weight excluding hydrogens is 224 g/mol. The Morgan fingerprint density at radius 2 is 2.12 bits per heavy atom. The molecule has 0 bridgehead atoms. The van der Waals surface area contributed by atoms with Gasteiger partial charge in [0, 0.05) is 12.9 Å². The van der Waals surface area contributed by atoms with Crippen LogP contribution in [0.5, 0.6) is 0 Å². The predicted octanol–water partition coefficient (Wildman–Crippen LogP) is 3.62. The van der Waals surface area contributed by atoms with Crippen molar-refractivity contribution >= 4 is 21.9 Å². The van der Waals surface area contributed by atoms with E-state index in [-0.39, 0.29) is 7.47 Å². The van der Waals surface area contributed by atoms with Crippen LogP contribution in [0.3, 0.4) is 0 Å². The van der Waals surface area contributed by atoms with Gasteiger partial charge in [-0.25, -0.2) is 8.78 Å². The second kappa shape index (κ2) is 3.29. The minimum atomic E-state index is -0.826. The van der Waals surface area contributed by atoms with E-state index < -0.39 is 11.6 Å². The number of rotatable bonds is 1. The van der Waals surface area contributed by atoms with Crippen LogP contribution in [0.25, 0.3) is 21.9 Å². The number of nitrogens with one attached hydrogen (secondary N) is 1. The molecule has 0 aliphatic heterocycles. The van der Waals surface area contributed by atoms with E-state index in [1.54, 1.807) is 16.8 Å². The molecule has 3 rings (SSSR count). The second-order valence-corrected chi connectivity index (χ2v) is 4.35. The van der Waals surface area contributed by atoms with E-state index in [9.17, 15) is 8.78 Å². The van der Waals surface area contributed by atoms with Crippen LogP contribution in [0.2, 0.25) is 0 Å². The average Bonchev–Trinajstić information content (AvgIpc) is 2.82. The van der Waals surface area contributed by atoms with Gasteiger partial charge in [-0.1, -0.05) is 0 Å². The van der Waals surface area contributed by atoms with Crippen molar-refractivity contribution in [3.05, 3.63) is 30.0 Å². The summed E-state index contributed by atoms with van der Waals surface area (Å²) in [5.41, 5.74) is 1.83. The molecule has 17 heavy (non-hydrogen) atoms. The van der Waals surface area contributed by atoms with E-state index in [1.807, 2.05) is 13.8 Å². The predicted molar refractivity (Wildman–Crippen MR) is 64.0 cm³/mol. The highest BCUT2D eigenvalue weighted by Gasteiger charge is 2.19. The summed E-state index contributed by atoms with van der Waals surface area (Å²) in [6.45, 7) is 3.85. The zero-order chi connectivity index (χ0) is 12.2. The molecule has 3 nitrogen and oxygen atoms in total. The lowest BCUT2D eigenvalue weighted by molar-refractivity contribution is 0.508. The summed E-state index contributed by atoms with van der Waals surface area (Å²) >= 11 is 0. The van der Waals surface area contributed by atoms with Crippen LogP contribution < -0.4 is 0 Å². The summed E-state index contributed by atoms with van der Waals surface area (Å²) in [6.07, 6.45) is 1.63. The van der Waals surface area contributed by atoms with Crippen molar-refractivity contribution in [2.24, 2.45) is 0 Å². The number of hydrogen-bond donors (Lipinski definition) is 1. The number of aromatic nitrogens is 3. The molecule has 0 saturated heterocycles. The maximum atomic E-state index is 13.9. The van der Waals surface area contributed by atoms with Crippen molar-refractivity contribution in [3.63, 3.8) is 0 Å². The lowest BCUT2D eigenvalue weighted by Crippen LogP contribution is -2.02. The van der Waals surface area contributed by atoms with E-state index in [0.717, 1.165) is 17.1 Å². The number of halogens is 2. The molecular formula is C12H13F2N3. The van der Waals surface area contributed by atoms with Gasteiger partial charge in [0.2, 0.25) is 0 Å². The highest BCUT2D eigenvalue weighted by molar-refractivity contribution is 6.05. The third kappa shape index (κ3) is 1.22. The Kier molecular flexibility index (Phi) is 1.98. The van der Waals surface area contributed by atoms with Gasteiger partial charge in [-0.15, -0.1) is 0 Å². The molecule has 0 saturated carbocycles. The zero-order valence-electron chi connectivity index (χ0n) is 9.46. The van der Waals surface area contributed by atoms with E-state index in [1.165, 1.54) is 0 Å². The van der Waals surface area contributed by atoms with Crippen molar-refractivity contribution in [2.45, 2.75) is 19.9 Å². The fourth-order valence-electron chi connectivity index (χ4n) is 2.29. The van der Waals surface area contributed by atoms with Crippen LogP contribution in [0, 0.1) is 11.6 Å². The molecule has 1 aromatic carbocycles. The highest BCUT2D eigenvalue weighted by Crippen LogP contribution is 2.32. The Morgan fingerprint density at radius 3 is 2.82 bits per heavy atom. The molecule has 5 heteroatoms. The van der Waals surface area contributed by atoms with Gasteiger partial charge < -0.3 is 4.57 Å². The monoisotopic (exact) mass is 237 g/mol. The van der Waals surface area contributed by atoms with Crippen LogP contribution in [-0.4, -0.2) is 14.8 Å². The van der Waals surface area contributed by atoms with Crippen LogP contribution in [-0.2, 0) is 0 Å². The molecule has 0 atom stereocenters. The van der Waals surface area contributed by atoms with Crippen molar-refractivity contribution in [1.29, 1.82) is 0 Å². The SMILES string of the molecule is CC(C)n1c2cn[nH]c2c2ccc(F)c(F)c21.[HH]. The van der Waals surface area contributed by atoms with Gasteiger partial charge in [0.15, 0.2) is 11.6 Å². The Balaban J connectivity index is 0.00000120. The van der Waals surface area contributed by atoms with Gasteiger partial charge in [-0.05, 0) is 26.0 Å². The maximum Gasteiger partial charge on any atom is 0.183 e. The molecule has 3 aromatic rings. The van der Waals surface area contributed by atoms with Gasteiger partial charge in [-0.3, -0.25) is 5.10 Å². The molecule has 0 fully saturated rings. The molecule has 2 aromatic heterocycles. The normalized spacial score (nSPS) is 12.1. The van der Waals surface area contributed by atoms with Crippen LogP contribution in [0.4, 0.5) is 8.78 Å². The third-order valence-electron chi connectivity index (χ3n) is 2.97. The zero-order valence-corrected chi connectivity index (χ0v) is 9.46. The van der Waals surface area contributed by atoms with Gasteiger partial charge in [0.05, 0.1) is 22.7 Å². The first-order valence-corrected chi connectivity index (χ1v) is 5.42. The van der Waals surface area contributed by atoms with E-state index in [2.05, 4.69) is 10.2 Å². The van der Waals surface area contributed by atoms with Crippen molar-refractivity contribution < 1.29 is 10.2 Å². The quantitative estimate of drug-likeness (QED) is 0.689. The van der Waals surface area contributed by atoms with Crippen molar-refractivity contribution in [2.75, 3.05) is 0 Å². The number of aromatic amines is 1. The molecule has 90 valence electrons. The molecule has 0 aliphatic carbocycles. The van der Waals surface area contributed by atoms with Crippen LogP contribution in [0.15, 0.2) is 18.3 Å². The van der Waals surface area contributed by atoms with Crippen molar-refractivity contribution in [1.82, 2.24) is 14.8 Å². The lowest BCUT2D eigenvalue weighted by atomic mass is 10.2. The summed E-state index contributed by atoms with van der Waals surface area (Å²) in [7, 11) is 0. The summed E-state index contributed by atoms with van der Waals surface area (Å²) in [5, 5.41) is 7.43. The first kappa shape index (κ1) is 10.3. The Bertz CT molecular complexity index is 715. The Hall–Kier alpha value is -1.91. The van der Waals surface area contributed by atoms with Gasteiger partial charge >= 0.3 is 0 Å². The highest BCUT2D eigenvalue weighted by atomic mass is 19.2. The van der Waals surface area contributed by atoms with E-state index in [4.69, 9.17) is 0 Å². The number of benzene rings is 1. The molecule has 0 amide bonds. The van der Waals surface area contributed by atoms with Crippen molar-refractivity contribution in [3.8, 4) is 0 Å². The van der Waals surface area contributed by atoms with E-state index in [0.29, 0.717) is 10.9 Å². The summed E-state index contributed by atoms with van der Waals surface area (Å²) in [4.78, 5) is 0. The number of nitrogens with zero attached hydrogens (tertiary/aromatic N) is 2. The smallest absolute Gasteiger partial charge is 0.183 e. The number of H-pyrrole nitrogens is 1. The van der Waals surface area contributed by atoms with Gasteiger partial charge in [0.25, 0.3) is 0 Å². The second-order valence-electron chi connectivity index (χ2n) is 4.35. The topological polar surface area (TPSA) is 33.6 Å². The fourth-order valence-corrected chi connectivity index (χ4v) is 2.29. The van der Waals surface area contributed by atoms with E-state index >= 15 is 0 Å². The lowest BCUT2D eigenvalue weighted by Gasteiger charge is -2.10. The Morgan fingerprint density at radius 1 is 1.35 bits per heavy atom. The number of fused-ring (bicyclic) bond motifs is 3. The largest absolute Gasteiger partial charge is 0.333 e. The molecule has 1 N–H and O–H groups in total. The number of hydrogen-bond acceptors (Lipinski definition) is 1. The molecule has 0 unspecified atom stereocenters. The van der Waals surface area contributed by atoms with Crippen LogP contribution in [0.1, 0.15) is 21.3 Å². The third-order valence-corrected chi connectivity index (χ3v) is 2.97. The fraction of sp³-hybridized carbons (Fsp3) is 0.250. The molecule has 2 heterocycles. The summed E-state index contributed by atoms with van der Waals surface area (Å²) in [5.74, 6) is -1.63. The maximum absolute atomic E-state index is 13.9. The summed E-state index contributed by atoms with van der Waals surface area (Å²) in [6, 6.07) is 2.75. The minimum absolute atomic E-state index is 0. The first-order valence-electron chi connectivity index (χ1n) is 5.42. The summed E-state index contributed by atoms with van der Waals surface area (Å²) < 4.78 is 29.0. The minimum Gasteiger partial charge on any atom is -0.333 e. The first-order chi connectivity index (χ1) is 8.11.